The van der Waals surface area contributed by atoms with Crippen molar-refractivity contribution >= 4 is 19.3 Å². The molecule has 0 aliphatic rings. The summed E-state index contributed by atoms with van der Waals surface area (Å²) < 4.78 is 0. The average molecular weight is 309 g/mol. The van der Waals surface area contributed by atoms with Gasteiger partial charge in [-0.25, -0.2) is 0 Å². The van der Waals surface area contributed by atoms with Crippen LogP contribution in [0.5, 0.6) is 0 Å². The molecule has 1 heteroatoms. The predicted molar refractivity (Wildman–Crippen MR) is 102 cm³/mol. The van der Waals surface area contributed by atoms with Gasteiger partial charge in [-0.15, -0.1) is 0 Å². The van der Waals surface area contributed by atoms with E-state index in [1.807, 2.05) is 0 Å². The molecule has 0 saturated carbocycles. The van der Waals surface area contributed by atoms with Crippen molar-refractivity contribution in [1.82, 2.24) is 0 Å². The van der Waals surface area contributed by atoms with Gasteiger partial charge in [0.2, 0.25) is 0 Å². The Bertz CT molecular complexity index is 598. The molecular formula is C21H28Si. The Morgan fingerprint density at radius 1 is 0.909 bits per heavy atom. The molecule has 2 aromatic carbocycles. The van der Waals surface area contributed by atoms with Gasteiger partial charge in [-0.2, -0.15) is 0 Å². The molecule has 0 saturated heterocycles. The normalized spacial score (nSPS) is 14.9. The van der Waals surface area contributed by atoms with Crippen molar-refractivity contribution in [2.75, 3.05) is 0 Å². The Hall–Kier alpha value is -1.60. The van der Waals surface area contributed by atoms with Crippen LogP contribution in [0.3, 0.4) is 0 Å². The molecule has 116 valence electrons. The maximum absolute atomic E-state index is 2.49. The third-order valence-electron chi connectivity index (χ3n) is 4.69. The largest absolute Gasteiger partial charge is 0.0814 e. The molecule has 0 amide bonds. The Kier molecular flexibility index (Phi) is 5.41. The van der Waals surface area contributed by atoms with Gasteiger partial charge >= 0.3 is 0 Å². The second-order valence-corrected chi connectivity index (χ2v) is 11.9. The van der Waals surface area contributed by atoms with Crippen LogP contribution in [-0.2, 0) is 0 Å². The van der Waals surface area contributed by atoms with Gasteiger partial charge < -0.3 is 0 Å². The quantitative estimate of drug-likeness (QED) is 0.598. The van der Waals surface area contributed by atoms with Crippen LogP contribution in [0, 0.1) is 5.41 Å². The first-order valence-corrected chi connectivity index (χ1v) is 11.5. The van der Waals surface area contributed by atoms with E-state index in [1.165, 1.54) is 18.0 Å². The minimum Gasteiger partial charge on any atom is -0.0783 e. The molecule has 0 aliphatic carbocycles. The first kappa shape index (κ1) is 16.8. The molecule has 1 atom stereocenters. The van der Waals surface area contributed by atoms with E-state index in [2.05, 4.69) is 99.8 Å². The summed E-state index contributed by atoms with van der Waals surface area (Å²) in [6.45, 7) is 9.70. The summed E-state index contributed by atoms with van der Waals surface area (Å²) in [6, 6.07) is 23.0. The van der Waals surface area contributed by atoms with Gasteiger partial charge in [0.15, 0.2) is 0 Å². The van der Waals surface area contributed by atoms with Crippen LogP contribution in [0.25, 0.3) is 6.08 Å². The third-order valence-corrected chi connectivity index (χ3v) is 8.27. The Morgan fingerprint density at radius 3 is 2.00 bits per heavy atom. The Balaban J connectivity index is 2.18. The van der Waals surface area contributed by atoms with Crippen molar-refractivity contribution < 1.29 is 0 Å². The molecule has 0 spiro atoms. The van der Waals surface area contributed by atoms with Gasteiger partial charge in [-0.05, 0) is 23.4 Å². The molecule has 0 aliphatic heterocycles. The lowest BCUT2D eigenvalue weighted by Gasteiger charge is -2.34. The van der Waals surface area contributed by atoms with Gasteiger partial charge in [0.25, 0.3) is 0 Å². The number of rotatable bonds is 6. The maximum Gasteiger partial charge on any atom is 0.0814 e. The van der Waals surface area contributed by atoms with E-state index in [4.69, 9.17) is 0 Å². The highest BCUT2D eigenvalue weighted by Gasteiger charge is 2.32. The minimum absolute atomic E-state index is 0.265. The highest BCUT2D eigenvalue weighted by atomic mass is 28.3. The predicted octanol–water partition coefficient (Wildman–Crippen LogP) is 5.73. The van der Waals surface area contributed by atoms with Crippen LogP contribution in [0.2, 0.25) is 19.1 Å². The molecule has 0 bridgehead atoms. The van der Waals surface area contributed by atoms with E-state index in [1.54, 1.807) is 5.19 Å². The first-order chi connectivity index (χ1) is 10.5. The molecule has 22 heavy (non-hydrogen) atoms. The van der Waals surface area contributed by atoms with Crippen LogP contribution in [0.4, 0.5) is 0 Å². The van der Waals surface area contributed by atoms with E-state index < -0.39 is 8.07 Å². The maximum atomic E-state index is 2.49. The van der Waals surface area contributed by atoms with Crippen LogP contribution >= 0.6 is 0 Å². The lowest BCUT2D eigenvalue weighted by atomic mass is 9.89. The molecule has 0 aromatic heterocycles. The molecule has 0 fully saturated rings. The second kappa shape index (κ2) is 7.10. The lowest BCUT2D eigenvalue weighted by molar-refractivity contribution is 0.458. The van der Waals surface area contributed by atoms with E-state index in [-0.39, 0.29) is 5.41 Å². The van der Waals surface area contributed by atoms with Crippen molar-refractivity contribution in [2.24, 2.45) is 5.41 Å². The van der Waals surface area contributed by atoms with Gasteiger partial charge in [0.05, 0.1) is 8.07 Å². The summed E-state index contributed by atoms with van der Waals surface area (Å²) in [7, 11) is -1.43. The molecule has 2 rings (SSSR count). The summed E-state index contributed by atoms with van der Waals surface area (Å²) >= 11 is 0. The molecule has 0 N–H and O–H groups in total. The summed E-state index contributed by atoms with van der Waals surface area (Å²) in [5, 5.41) is 1.56. The zero-order valence-corrected chi connectivity index (χ0v) is 15.3. The third kappa shape index (κ3) is 4.44. The number of benzene rings is 2. The van der Waals surface area contributed by atoms with Crippen LogP contribution < -0.4 is 5.19 Å². The second-order valence-electron chi connectivity index (χ2n) is 7.18. The topological polar surface area (TPSA) is 0 Å². The van der Waals surface area contributed by atoms with Crippen LogP contribution in [0.15, 0.2) is 66.7 Å². The van der Waals surface area contributed by atoms with Crippen molar-refractivity contribution in [3.8, 4) is 0 Å². The highest BCUT2D eigenvalue weighted by Crippen LogP contribution is 2.34. The molecule has 0 heterocycles. The summed E-state index contributed by atoms with van der Waals surface area (Å²) in [6.07, 6.45) is 5.90. The van der Waals surface area contributed by atoms with E-state index >= 15 is 0 Å². The smallest absolute Gasteiger partial charge is 0.0783 e. The zero-order chi connectivity index (χ0) is 16.1. The molecule has 0 nitrogen and oxygen atoms in total. The SMILES string of the molecule is CC[C@@](C)(/C=C\c1ccccc1)C[Si](C)(C)c1ccccc1. The van der Waals surface area contributed by atoms with Gasteiger partial charge in [-0.1, -0.05) is 105 Å². The Labute approximate surface area is 136 Å². The molecule has 0 unspecified atom stereocenters. The fraction of sp³-hybridized carbons (Fsp3) is 0.333. The zero-order valence-electron chi connectivity index (χ0n) is 14.3. The monoisotopic (exact) mass is 308 g/mol. The van der Waals surface area contributed by atoms with E-state index in [0.717, 1.165) is 0 Å². The minimum atomic E-state index is -1.43. The van der Waals surface area contributed by atoms with Crippen LogP contribution in [0.1, 0.15) is 25.8 Å². The number of hydrogen-bond acceptors (Lipinski definition) is 0. The summed E-state index contributed by atoms with van der Waals surface area (Å²) in [4.78, 5) is 0. The summed E-state index contributed by atoms with van der Waals surface area (Å²) in [5.74, 6) is 0. The van der Waals surface area contributed by atoms with Crippen LogP contribution in [-0.4, -0.2) is 8.07 Å². The van der Waals surface area contributed by atoms with Gasteiger partial charge in [0, 0.05) is 0 Å². The van der Waals surface area contributed by atoms with Gasteiger partial charge in [0.1, 0.15) is 0 Å². The van der Waals surface area contributed by atoms with Crippen molar-refractivity contribution in [1.29, 1.82) is 0 Å². The lowest BCUT2D eigenvalue weighted by Crippen LogP contribution is -2.44. The van der Waals surface area contributed by atoms with Crippen molar-refractivity contribution in [2.45, 2.75) is 39.4 Å². The van der Waals surface area contributed by atoms with E-state index in [9.17, 15) is 0 Å². The highest BCUT2D eigenvalue weighted by molar-refractivity contribution is 6.89. The Morgan fingerprint density at radius 2 is 1.45 bits per heavy atom. The fourth-order valence-electron chi connectivity index (χ4n) is 3.16. The van der Waals surface area contributed by atoms with Gasteiger partial charge in [-0.3, -0.25) is 0 Å². The number of allylic oxidation sites excluding steroid dienone is 1. The fourth-order valence-corrected chi connectivity index (χ4v) is 6.85. The summed E-state index contributed by atoms with van der Waals surface area (Å²) in [5.41, 5.74) is 1.56. The van der Waals surface area contributed by atoms with Crippen molar-refractivity contribution in [3.63, 3.8) is 0 Å². The molecule has 2 aromatic rings. The molecule has 0 radical (unpaired) electrons. The number of hydrogen-bond donors (Lipinski definition) is 0. The van der Waals surface area contributed by atoms with Crippen molar-refractivity contribution in [3.05, 3.63) is 72.3 Å². The molecular weight excluding hydrogens is 280 g/mol. The first-order valence-electron chi connectivity index (χ1n) is 8.25. The standard InChI is InChI=1S/C21H28Si/c1-5-21(2,17-16-19-12-8-6-9-13-19)18-22(3,4)20-14-10-7-11-15-20/h6-17H,5,18H2,1-4H3/b17-16-/t21-/m0/s1. The average Bonchev–Trinajstić information content (AvgIpc) is 2.54. The van der Waals surface area contributed by atoms with E-state index in [0.29, 0.717) is 0 Å².